The molecule has 0 bridgehead atoms. The van der Waals surface area contributed by atoms with E-state index in [1.807, 2.05) is 24.3 Å². The number of rotatable bonds is 4. The smallest absolute Gasteiger partial charge is 0.417 e. The molecule has 0 N–H and O–H groups in total. The number of aromatic nitrogens is 3. The van der Waals surface area contributed by atoms with Crippen molar-refractivity contribution in [1.82, 2.24) is 15.2 Å². The van der Waals surface area contributed by atoms with Gasteiger partial charge < -0.3 is 9.64 Å². The van der Waals surface area contributed by atoms with E-state index in [9.17, 15) is 13.2 Å². The number of nitrogens with zero attached hydrogens (tertiary/aromatic N) is 4. The average Bonchev–Trinajstić information content (AvgIpc) is 2.75. The average molecular weight is 412 g/mol. The van der Waals surface area contributed by atoms with Crippen LogP contribution in [0.4, 0.5) is 18.9 Å². The second kappa shape index (κ2) is 8.52. The molecule has 4 rings (SSSR count). The molecule has 0 aliphatic carbocycles. The molecule has 1 aromatic carbocycles. The molecule has 0 amide bonds. The lowest BCUT2D eigenvalue weighted by molar-refractivity contribution is -0.137. The number of hydrogen-bond donors (Lipinski definition) is 0. The SMILES string of the molecule is FC(F)(F)c1ccc(Oc2cccc(C=C3CCN(c4ccnnc4)CC3)c2)nc1. The van der Waals surface area contributed by atoms with E-state index in [4.69, 9.17) is 4.74 Å². The third-order valence-corrected chi connectivity index (χ3v) is 4.85. The molecule has 1 fully saturated rings. The van der Waals surface area contributed by atoms with E-state index in [1.165, 1.54) is 11.6 Å². The van der Waals surface area contributed by atoms with Crippen LogP contribution in [-0.4, -0.2) is 28.3 Å². The van der Waals surface area contributed by atoms with Gasteiger partial charge in [0.2, 0.25) is 5.88 Å². The van der Waals surface area contributed by atoms with Crippen molar-refractivity contribution in [2.24, 2.45) is 0 Å². The number of piperidine rings is 1. The highest BCUT2D eigenvalue weighted by Crippen LogP contribution is 2.30. The van der Waals surface area contributed by atoms with Crippen LogP contribution in [0.1, 0.15) is 24.0 Å². The molecule has 0 radical (unpaired) electrons. The van der Waals surface area contributed by atoms with Gasteiger partial charge in [-0.2, -0.15) is 23.4 Å². The lowest BCUT2D eigenvalue weighted by Crippen LogP contribution is -2.30. The van der Waals surface area contributed by atoms with Gasteiger partial charge in [0.25, 0.3) is 0 Å². The highest BCUT2D eigenvalue weighted by Gasteiger charge is 2.30. The van der Waals surface area contributed by atoms with E-state index in [1.54, 1.807) is 18.5 Å². The third kappa shape index (κ3) is 4.94. The van der Waals surface area contributed by atoms with Gasteiger partial charge in [-0.1, -0.05) is 23.8 Å². The van der Waals surface area contributed by atoms with Crippen LogP contribution in [-0.2, 0) is 6.18 Å². The molecule has 0 spiro atoms. The van der Waals surface area contributed by atoms with Crippen molar-refractivity contribution in [3.63, 3.8) is 0 Å². The molecule has 30 heavy (non-hydrogen) atoms. The van der Waals surface area contributed by atoms with E-state index >= 15 is 0 Å². The number of anilines is 1. The van der Waals surface area contributed by atoms with Crippen molar-refractivity contribution in [1.29, 1.82) is 0 Å². The molecule has 3 heterocycles. The fraction of sp³-hybridized carbons (Fsp3) is 0.227. The molecule has 154 valence electrons. The molecular formula is C22H19F3N4O. The zero-order valence-electron chi connectivity index (χ0n) is 16.0. The Morgan fingerprint density at radius 3 is 2.47 bits per heavy atom. The maximum atomic E-state index is 12.6. The third-order valence-electron chi connectivity index (χ3n) is 4.85. The topological polar surface area (TPSA) is 51.1 Å². The van der Waals surface area contributed by atoms with Crippen LogP contribution in [0.25, 0.3) is 6.08 Å². The Kier molecular flexibility index (Phi) is 5.65. The van der Waals surface area contributed by atoms with Gasteiger partial charge in [0.1, 0.15) is 5.75 Å². The maximum absolute atomic E-state index is 12.6. The fourth-order valence-electron chi connectivity index (χ4n) is 3.30. The van der Waals surface area contributed by atoms with Crippen molar-refractivity contribution in [2.75, 3.05) is 18.0 Å². The predicted molar refractivity (Wildman–Crippen MR) is 107 cm³/mol. The normalized spacial score (nSPS) is 14.5. The van der Waals surface area contributed by atoms with Crippen LogP contribution in [0.15, 0.2) is 66.6 Å². The largest absolute Gasteiger partial charge is 0.439 e. The van der Waals surface area contributed by atoms with E-state index in [0.717, 1.165) is 49.4 Å². The summed E-state index contributed by atoms with van der Waals surface area (Å²) in [5.41, 5.74) is 2.58. The summed E-state index contributed by atoms with van der Waals surface area (Å²) in [5, 5.41) is 7.74. The number of benzene rings is 1. The van der Waals surface area contributed by atoms with Gasteiger partial charge in [0.05, 0.1) is 23.6 Å². The molecule has 0 saturated carbocycles. The summed E-state index contributed by atoms with van der Waals surface area (Å²) in [7, 11) is 0. The minimum Gasteiger partial charge on any atom is -0.439 e. The van der Waals surface area contributed by atoms with Gasteiger partial charge >= 0.3 is 6.18 Å². The van der Waals surface area contributed by atoms with Gasteiger partial charge in [-0.25, -0.2) is 4.98 Å². The molecule has 1 aliphatic rings. The predicted octanol–water partition coefficient (Wildman–Crippen LogP) is 5.37. The summed E-state index contributed by atoms with van der Waals surface area (Å²) in [6, 6.07) is 11.6. The molecule has 3 aromatic rings. The molecule has 2 aromatic heterocycles. The summed E-state index contributed by atoms with van der Waals surface area (Å²) in [6.07, 6.45) is 3.83. The molecule has 0 unspecified atom stereocenters. The molecule has 0 atom stereocenters. The minimum absolute atomic E-state index is 0.118. The first-order valence-corrected chi connectivity index (χ1v) is 9.50. The van der Waals surface area contributed by atoms with Crippen LogP contribution < -0.4 is 9.64 Å². The molecule has 1 saturated heterocycles. The Labute approximate surface area is 171 Å². The quantitative estimate of drug-likeness (QED) is 0.577. The zero-order chi connectivity index (χ0) is 21.0. The summed E-state index contributed by atoms with van der Waals surface area (Å²) < 4.78 is 43.6. The Hall–Kier alpha value is -3.42. The lowest BCUT2D eigenvalue weighted by atomic mass is 10.0. The first-order chi connectivity index (χ1) is 14.5. The Morgan fingerprint density at radius 1 is 0.967 bits per heavy atom. The Bertz CT molecular complexity index is 1010. The summed E-state index contributed by atoms with van der Waals surface area (Å²) in [4.78, 5) is 6.03. The molecule has 8 heteroatoms. The van der Waals surface area contributed by atoms with Crippen molar-refractivity contribution in [2.45, 2.75) is 19.0 Å². The zero-order valence-corrected chi connectivity index (χ0v) is 16.0. The standard InChI is InChI=1S/C22H19F3N4O/c23-22(24,25)18-4-5-21(26-14-18)30-20-3-1-2-17(13-20)12-16-7-10-29(11-8-16)19-6-9-27-28-15-19/h1-6,9,12-15H,7-8,10-11H2. The van der Waals surface area contributed by atoms with Crippen LogP contribution in [0.2, 0.25) is 0 Å². The summed E-state index contributed by atoms with van der Waals surface area (Å²) in [5.74, 6) is 0.643. The highest BCUT2D eigenvalue weighted by atomic mass is 19.4. The second-order valence-electron chi connectivity index (χ2n) is 6.95. The Morgan fingerprint density at radius 2 is 1.80 bits per heavy atom. The van der Waals surface area contributed by atoms with Gasteiger partial charge in [-0.15, -0.1) is 0 Å². The Balaban J connectivity index is 1.40. The van der Waals surface area contributed by atoms with Gasteiger partial charge in [-0.05, 0) is 42.7 Å². The highest BCUT2D eigenvalue weighted by molar-refractivity contribution is 5.56. The van der Waals surface area contributed by atoms with Crippen molar-refractivity contribution >= 4 is 11.8 Å². The number of halogens is 3. The van der Waals surface area contributed by atoms with Crippen LogP contribution in [0, 0.1) is 0 Å². The van der Waals surface area contributed by atoms with E-state index in [-0.39, 0.29) is 5.88 Å². The van der Waals surface area contributed by atoms with E-state index < -0.39 is 11.7 Å². The summed E-state index contributed by atoms with van der Waals surface area (Å²) >= 11 is 0. The number of pyridine rings is 1. The minimum atomic E-state index is -4.42. The van der Waals surface area contributed by atoms with Gasteiger partial charge in [0, 0.05) is 25.4 Å². The van der Waals surface area contributed by atoms with Gasteiger partial charge in [-0.3, -0.25) is 0 Å². The monoisotopic (exact) mass is 412 g/mol. The molecule has 1 aliphatic heterocycles. The first kappa shape index (κ1) is 19.9. The van der Waals surface area contributed by atoms with Crippen molar-refractivity contribution in [3.05, 3.63) is 77.8 Å². The van der Waals surface area contributed by atoms with Crippen molar-refractivity contribution in [3.8, 4) is 11.6 Å². The van der Waals surface area contributed by atoms with E-state index in [2.05, 4.69) is 26.2 Å². The molecular weight excluding hydrogens is 393 g/mol. The maximum Gasteiger partial charge on any atom is 0.417 e. The number of hydrogen-bond acceptors (Lipinski definition) is 5. The van der Waals surface area contributed by atoms with Crippen LogP contribution in [0.3, 0.4) is 0 Å². The number of ether oxygens (including phenoxy) is 1. The fourth-order valence-corrected chi connectivity index (χ4v) is 3.30. The second-order valence-corrected chi connectivity index (χ2v) is 6.95. The summed E-state index contributed by atoms with van der Waals surface area (Å²) in [6.45, 7) is 1.81. The van der Waals surface area contributed by atoms with Crippen LogP contribution >= 0.6 is 0 Å². The number of alkyl halides is 3. The van der Waals surface area contributed by atoms with E-state index in [0.29, 0.717) is 5.75 Å². The lowest BCUT2D eigenvalue weighted by Gasteiger charge is -2.30. The van der Waals surface area contributed by atoms with Crippen molar-refractivity contribution < 1.29 is 17.9 Å². The van der Waals surface area contributed by atoms with Gasteiger partial charge in [0.15, 0.2) is 0 Å². The first-order valence-electron chi connectivity index (χ1n) is 9.50. The van der Waals surface area contributed by atoms with Crippen LogP contribution in [0.5, 0.6) is 11.6 Å². The molecule has 5 nitrogen and oxygen atoms in total.